The van der Waals surface area contributed by atoms with E-state index in [2.05, 4.69) is 20.9 Å². The van der Waals surface area contributed by atoms with Crippen LogP contribution in [0.15, 0.2) is 28.9 Å². The number of aromatic amines is 1. The van der Waals surface area contributed by atoms with Crippen LogP contribution in [-0.2, 0) is 11.2 Å². The van der Waals surface area contributed by atoms with Gasteiger partial charge in [-0.15, -0.1) is 0 Å². The van der Waals surface area contributed by atoms with Crippen LogP contribution in [0.2, 0.25) is 0 Å². The number of rotatable bonds is 2. The number of benzene rings is 1. The van der Waals surface area contributed by atoms with Crippen LogP contribution in [-0.4, -0.2) is 51.6 Å². The van der Waals surface area contributed by atoms with E-state index in [1.54, 1.807) is 13.2 Å². The number of likely N-dealkylation sites (N-methyl/N-ethyl adjacent to an activating group) is 2. The highest BCUT2D eigenvalue weighted by atomic mass is 79.9. The van der Waals surface area contributed by atoms with Crippen LogP contribution in [0.3, 0.4) is 0 Å². The number of guanidine groups is 1. The number of aromatic nitrogens is 1. The molecule has 6 nitrogen and oxygen atoms in total. The third-order valence-corrected chi connectivity index (χ3v) is 4.50. The molecule has 7 heteroatoms. The van der Waals surface area contributed by atoms with Crippen molar-refractivity contribution < 1.29 is 9.90 Å². The van der Waals surface area contributed by atoms with Gasteiger partial charge in [0.2, 0.25) is 11.7 Å². The van der Waals surface area contributed by atoms with Gasteiger partial charge in [-0.25, -0.2) is 0 Å². The highest BCUT2D eigenvalue weighted by molar-refractivity contribution is 9.10. The molecular formula is C14H15BrN4O2. The number of H-pyrrole nitrogens is 1. The number of carbonyl (C=O) groups excluding carboxylic acids is 1. The van der Waals surface area contributed by atoms with Crippen molar-refractivity contribution in [2.45, 2.75) is 12.1 Å². The topological polar surface area (TPSA) is 83.4 Å². The first-order valence-electron chi connectivity index (χ1n) is 6.43. The summed E-state index contributed by atoms with van der Waals surface area (Å²) >= 11 is 3.41. The van der Waals surface area contributed by atoms with Gasteiger partial charge in [0.05, 0.1) is 0 Å². The van der Waals surface area contributed by atoms with Gasteiger partial charge in [0.15, 0.2) is 0 Å². The Morgan fingerprint density at radius 1 is 1.43 bits per heavy atom. The molecule has 21 heavy (non-hydrogen) atoms. The SMILES string of the molecule is CN1C(=N)N(C)[C@](O)(Cc2c[nH]c3cc(Br)ccc23)C1=O. The molecule has 0 aliphatic carbocycles. The molecule has 1 fully saturated rings. The van der Waals surface area contributed by atoms with Gasteiger partial charge in [0.1, 0.15) is 0 Å². The molecule has 110 valence electrons. The summed E-state index contributed by atoms with van der Waals surface area (Å²) in [6.07, 6.45) is 1.91. The first kappa shape index (κ1) is 14.1. The zero-order chi connectivity index (χ0) is 15.4. The zero-order valence-electron chi connectivity index (χ0n) is 11.6. The number of amides is 1. The van der Waals surface area contributed by atoms with E-state index in [-0.39, 0.29) is 12.4 Å². The van der Waals surface area contributed by atoms with E-state index in [4.69, 9.17) is 5.41 Å². The summed E-state index contributed by atoms with van der Waals surface area (Å²) in [4.78, 5) is 17.8. The summed E-state index contributed by atoms with van der Waals surface area (Å²) in [6.45, 7) is 0. The standard InChI is InChI=1S/C14H15BrN4O2/c1-18-12(20)14(21,19(2)13(18)16)6-8-7-17-11-5-9(15)3-4-10(8)11/h3-5,7,16-17,21H,6H2,1-2H3/t14-/m0/s1. The first-order chi connectivity index (χ1) is 9.84. The molecule has 1 aliphatic rings. The van der Waals surface area contributed by atoms with Gasteiger partial charge in [0.25, 0.3) is 5.91 Å². The van der Waals surface area contributed by atoms with Crippen molar-refractivity contribution in [1.29, 1.82) is 5.41 Å². The van der Waals surface area contributed by atoms with Crippen LogP contribution in [0.5, 0.6) is 0 Å². The second-order valence-electron chi connectivity index (χ2n) is 5.24. The molecule has 1 atom stereocenters. The average molecular weight is 351 g/mol. The van der Waals surface area contributed by atoms with Crippen LogP contribution in [0.4, 0.5) is 0 Å². The monoisotopic (exact) mass is 350 g/mol. The summed E-state index contributed by atoms with van der Waals surface area (Å²) in [5, 5.41) is 19.5. The molecule has 0 radical (unpaired) electrons. The van der Waals surface area contributed by atoms with Crippen molar-refractivity contribution in [2.24, 2.45) is 0 Å². The van der Waals surface area contributed by atoms with E-state index in [9.17, 15) is 9.90 Å². The third-order valence-electron chi connectivity index (χ3n) is 4.00. The highest BCUT2D eigenvalue weighted by Gasteiger charge is 2.51. The summed E-state index contributed by atoms with van der Waals surface area (Å²) < 4.78 is 0.956. The molecule has 1 aromatic heterocycles. The van der Waals surface area contributed by atoms with Crippen molar-refractivity contribution in [1.82, 2.24) is 14.8 Å². The maximum atomic E-state index is 12.2. The molecule has 1 aromatic carbocycles. The summed E-state index contributed by atoms with van der Waals surface area (Å²) in [7, 11) is 3.04. The zero-order valence-corrected chi connectivity index (χ0v) is 13.2. The predicted molar refractivity (Wildman–Crippen MR) is 82.9 cm³/mol. The Kier molecular flexibility index (Phi) is 3.07. The maximum Gasteiger partial charge on any atom is 0.282 e. The van der Waals surface area contributed by atoms with Gasteiger partial charge in [-0.3, -0.25) is 15.1 Å². The summed E-state index contributed by atoms with van der Waals surface area (Å²) in [5.74, 6) is -0.494. The number of aliphatic hydroxyl groups is 1. The van der Waals surface area contributed by atoms with E-state index in [1.165, 1.54) is 11.9 Å². The van der Waals surface area contributed by atoms with Crippen molar-refractivity contribution in [2.75, 3.05) is 14.1 Å². The number of nitrogens with zero attached hydrogens (tertiary/aromatic N) is 2. The Hall–Kier alpha value is -1.86. The Morgan fingerprint density at radius 2 is 2.14 bits per heavy atom. The van der Waals surface area contributed by atoms with Crippen molar-refractivity contribution in [3.63, 3.8) is 0 Å². The largest absolute Gasteiger partial charge is 0.363 e. The average Bonchev–Trinajstić information content (AvgIpc) is 2.90. The number of nitrogens with one attached hydrogen (secondary N) is 2. The van der Waals surface area contributed by atoms with E-state index >= 15 is 0 Å². The first-order valence-corrected chi connectivity index (χ1v) is 7.22. The van der Waals surface area contributed by atoms with Gasteiger partial charge in [0, 0.05) is 42.1 Å². The number of carbonyl (C=O) groups is 1. The molecule has 0 saturated carbocycles. The molecule has 1 saturated heterocycles. The van der Waals surface area contributed by atoms with Crippen molar-refractivity contribution in [3.05, 3.63) is 34.4 Å². The highest BCUT2D eigenvalue weighted by Crippen LogP contribution is 2.30. The Bertz CT molecular complexity index is 757. The molecule has 2 heterocycles. The number of hydrogen-bond acceptors (Lipinski definition) is 3. The molecule has 0 unspecified atom stereocenters. The molecule has 2 aromatic rings. The molecule has 3 N–H and O–H groups in total. The lowest BCUT2D eigenvalue weighted by molar-refractivity contribution is -0.150. The molecular weight excluding hydrogens is 336 g/mol. The quantitative estimate of drug-likeness (QED) is 0.767. The van der Waals surface area contributed by atoms with Gasteiger partial charge in [-0.05, 0) is 17.7 Å². The summed E-state index contributed by atoms with van der Waals surface area (Å²) in [5.41, 5.74) is 0.0522. The fraction of sp³-hybridized carbons (Fsp3) is 0.286. The maximum absolute atomic E-state index is 12.2. The lowest BCUT2D eigenvalue weighted by Crippen LogP contribution is -2.49. The fourth-order valence-corrected chi connectivity index (χ4v) is 3.03. The van der Waals surface area contributed by atoms with E-state index in [1.807, 2.05) is 18.2 Å². The van der Waals surface area contributed by atoms with Crippen LogP contribution in [0.1, 0.15) is 5.56 Å². The lowest BCUT2D eigenvalue weighted by atomic mass is 10.0. The molecule has 0 bridgehead atoms. The van der Waals surface area contributed by atoms with E-state index < -0.39 is 11.6 Å². The van der Waals surface area contributed by atoms with Crippen molar-refractivity contribution >= 4 is 38.7 Å². The Morgan fingerprint density at radius 3 is 2.76 bits per heavy atom. The summed E-state index contributed by atoms with van der Waals surface area (Å²) in [6, 6.07) is 5.79. The number of halogens is 1. The molecule has 3 rings (SSSR count). The van der Waals surface area contributed by atoms with Crippen LogP contribution < -0.4 is 0 Å². The second-order valence-corrected chi connectivity index (χ2v) is 6.16. The van der Waals surface area contributed by atoms with Gasteiger partial charge >= 0.3 is 0 Å². The normalized spacial score (nSPS) is 22.7. The second kappa shape index (κ2) is 4.57. The number of hydrogen-bond donors (Lipinski definition) is 3. The van der Waals surface area contributed by atoms with Gasteiger partial charge in [-0.2, -0.15) is 0 Å². The molecule has 1 aliphatic heterocycles. The minimum Gasteiger partial charge on any atom is -0.363 e. The smallest absolute Gasteiger partial charge is 0.282 e. The van der Waals surface area contributed by atoms with Crippen molar-refractivity contribution in [3.8, 4) is 0 Å². The predicted octanol–water partition coefficient (Wildman–Crippen LogP) is 1.50. The van der Waals surface area contributed by atoms with Gasteiger partial charge < -0.3 is 15.0 Å². The minimum absolute atomic E-state index is 0.00918. The Labute approximate surface area is 130 Å². The lowest BCUT2D eigenvalue weighted by Gasteiger charge is -2.27. The van der Waals surface area contributed by atoms with Gasteiger partial charge in [-0.1, -0.05) is 22.0 Å². The van der Waals surface area contributed by atoms with Crippen LogP contribution in [0, 0.1) is 5.41 Å². The Balaban J connectivity index is 2.02. The van der Waals surface area contributed by atoms with Crippen LogP contribution in [0.25, 0.3) is 10.9 Å². The molecule has 1 amide bonds. The fourth-order valence-electron chi connectivity index (χ4n) is 2.67. The third kappa shape index (κ3) is 1.96. The van der Waals surface area contributed by atoms with Crippen LogP contribution >= 0.6 is 15.9 Å². The minimum atomic E-state index is -1.71. The van der Waals surface area contributed by atoms with E-state index in [0.717, 1.165) is 25.8 Å². The number of fused-ring (bicyclic) bond motifs is 1. The van der Waals surface area contributed by atoms with E-state index in [0.29, 0.717) is 0 Å². The molecule has 0 spiro atoms.